The average molecular weight is 784 g/mol. The quantitative estimate of drug-likeness (QED) is 0.167. The van der Waals surface area contributed by atoms with E-state index in [1.165, 1.54) is 66.3 Å². The third-order valence-corrected chi connectivity index (χ3v) is 15.5. The molecule has 3 heterocycles. The van der Waals surface area contributed by atoms with Gasteiger partial charge in [0.15, 0.2) is 7.14 Å². The molecule has 0 saturated heterocycles. The molecule has 4 nitrogen and oxygen atoms in total. The van der Waals surface area contributed by atoms with Crippen molar-refractivity contribution in [3.05, 3.63) is 179 Å². The topological polar surface area (TPSA) is 40.5 Å². The monoisotopic (exact) mass is 783 g/mol. The largest absolute Gasteiger partial charge is 0.456 e. The van der Waals surface area contributed by atoms with Gasteiger partial charge in [-0.3, -0.25) is 0 Å². The molecule has 0 N–H and O–H groups in total. The molecule has 0 bridgehead atoms. The van der Waals surface area contributed by atoms with Crippen molar-refractivity contribution < 1.29 is 14.0 Å². The van der Waals surface area contributed by atoms with Crippen molar-refractivity contribution >= 4 is 44.9 Å². The zero-order valence-electron chi connectivity index (χ0n) is 34.0. The summed E-state index contributed by atoms with van der Waals surface area (Å²) < 4.78 is 32.4. The van der Waals surface area contributed by atoms with Gasteiger partial charge in [0.05, 0.1) is 21.6 Å². The fourth-order valence-corrected chi connectivity index (χ4v) is 13.1. The molecule has 0 amide bonds. The van der Waals surface area contributed by atoms with Gasteiger partial charge in [-0.1, -0.05) is 96.1 Å². The normalized spacial score (nSPS) is 13.4. The van der Waals surface area contributed by atoms with Crippen molar-refractivity contribution in [1.29, 1.82) is 0 Å². The fraction of sp³-hybridized carbons (Fsp3) is 0.111. The average Bonchev–Trinajstić information content (AvgIpc) is 3.54. The molecule has 0 fully saturated rings. The smallest absolute Gasteiger partial charge is 0.185 e. The maximum Gasteiger partial charge on any atom is 0.185 e. The summed E-state index contributed by atoms with van der Waals surface area (Å²) in [4.78, 5) is 0. The number of hydrogen-bond donors (Lipinski definition) is 0. The lowest BCUT2D eigenvalue weighted by Crippen LogP contribution is -2.35. The number of para-hydroxylation sites is 2. The zero-order valence-corrected chi connectivity index (χ0v) is 34.9. The van der Waals surface area contributed by atoms with Gasteiger partial charge >= 0.3 is 0 Å². The predicted molar refractivity (Wildman–Crippen MR) is 245 cm³/mol. The van der Waals surface area contributed by atoms with E-state index >= 15 is 4.57 Å². The highest BCUT2D eigenvalue weighted by atomic mass is 31.2. The summed E-state index contributed by atoms with van der Waals surface area (Å²) in [6.07, 6.45) is 0. The molecule has 286 valence electrons. The third-order valence-electron chi connectivity index (χ3n) is 12.4. The lowest BCUT2D eigenvalue weighted by atomic mass is 9.94. The molecule has 1 aromatic heterocycles. The first-order valence-corrected chi connectivity index (χ1v) is 22.0. The van der Waals surface area contributed by atoms with Gasteiger partial charge in [0.25, 0.3) is 0 Å². The van der Waals surface area contributed by atoms with Crippen LogP contribution in [-0.4, -0.2) is 4.57 Å². The maximum atomic E-state index is 16.3. The molecule has 9 aromatic rings. The molecule has 2 aliphatic heterocycles. The minimum Gasteiger partial charge on any atom is -0.456 e. The first kappa shape index (κ1) is 35.5. The summed E-state index contributed by atoms with van der Waals surface area (Å²) in [6.45, 7) is 12.9. The molecule has 59 heavy (non-hydrogen) atoms. The van der Waals surface area contributed by atoms with E-state index < -0.39 is 7.14 Å². The lowest BCUT2D eigenvalue weighted by Gasteiger charge is -2.35. The summed E-state index contributed by atoms with van der Waals surface area (Å²) in [7, 11) is -3.45. The Morgan fingerprint density at radius 3 is 1.29 bits per heavy atom. The second-order valence-electron chi connectivity index (χ2n) is 16.5. The van der Waals surface area contributed by atoms with Crippen LogP contribution < -0.4 is 25.4 Å². The van der Waals surface area contributed by atoms with Crippen molar-refractivity contribution in [2.24, 2.45) is 0 Å². The predicted octanol–water partition coefficient (Wildman–Crippen LogP) is 13.5. The summed E-state index contributed by atoms with van der Waals surface area (Å²) in [6, 6.07) is 51.2. The van der Waals surface area contributed by atoms with E-state index in [0.717, 1.165) is 27.9 Å². The Balaban J connectivity index is 1.09. The van der Waals surface area contributed by atoms with E-state index in [1.807, 2.05) is 24.3 Å². The number of aryl methyl sites for hydroxylation is 6. The Morgan fingerprint density at radius 1 is 0.424 bits per heavy atom. The van der Waals surface area contributed by atoms with Crippen molar-refractivity contribution in [2.75, 3.05) is 0 Å². The molecule has 5 heteroatoms. The number of aromatic nitrogens is 1. The van der Waals surface area contributed by atoms with E-state index in [0.29, 0.717) is 38.9 Å². The van der Waals surface area contributed by atoms with Gasteiger partial charge in [-0.2, -0.15) is 0 Å². The van der Waals surface area contributed by atoms with Crippen molar-refractivity contribution in [1.82, 2.24) is 4.57 Å². The Kier molecular flexibility index (Phi) is 7.80. The molecular formula is C54H42NO3P. The molecule has 0 aliphatic carbocycles. The molecule has 0 radical (unpaired) electrons. The second kappa shape index (κ2) is 12.9. The SMILES string of the molecule is Cc1cc(C)c(-c2ccc3c(c2)Oc2cc(-c4ccc(-n5c6ccccc6c6ccccc65)cc4)cc4c2P3(=O)c2ccc(-c3c(C)cc(C)cc3C)cc2O4)c(C)c1. The molecule has 0 atom stereocenters. The summed E-state index contributed by atoms with van der Waals surface area (Å²) >= 11 is 0. The third kappa shape index (κ3) is 5.33. The van der Waals surface area contributed by atoms with Crippen LogP contribution in [0.4, 0.5) is 0 Å². The molecule has 0 unspecified atom stereocenters. The van der Waals surface area contributed by atoms with Crippen LogP contribution in [0.25, 0.3) is 60.9 Å². The number of hydrogen-bond acceptors (Lipinski definition) is 3. The van der Waals surface area contributed by atoms with Gasteiger partial charge in [0, 0.05) is 16.5 Å². The standard InChI is InChI=1S/C54H42NO3P/c1-31-23-33(3)52(34(4)24-31)38-17-21-50-46(27-38)57-48-29-40(37-15-19-41(20-16-37)55-44-13-9-7-11-42(44)43-12-8-10-14-45(43)55)30-49-54(48)59(50,56)51-22-18-39(28-47(51)58-49)53-35(5)25-32(2)26-36(53)6/h7-30H,1-6H3. The lowest BCUT2D eigenvalue weighted by molar-refractivity contribution is 0.462. The van der Waals surface area contributed by atoms with Crippen molar-refractivity contribution in [2.45, 2.75) is 41.5 Å². The van der Waals surface area contributed by atoms with Crippen LogP contribution in [0.1, 0.15) is 33.4 Å². The Morgan fingerprint density at radius 2 is 0.831 bits per heavy atom. The van der Waals surface area contributed by atoms with Gasteiger partial charge < -0.3 is 18.6 Å². The van der Waals surface area contributed by atoms with E-state index in [1.54, 1.807) is 0 Å². The first-order valence-electron chi connectivity index (χ1n) is 20.3. The number of ether oxygens (including phenoxy) is 2. The minimum absolute atomic E-state index is 0.564. The number of nitrogens with zero attached hydrogens (tertiary/aromatic N) is 1. The minimum atomic E-state index is -3.45. The van der Waals surface area contributed by atoms with E-state index in [4.69, 9.17) is 9.47 Å². The summed E-state index contributed by atoms with van der Waals surface area (Å²) in [5, 5.41) is 4.47. The van der Waals surface area contributed by atoms with Crippen LogP contribution in [0.5, 0.6) is 23.0 Å². The van der Waals surface area contributed by atoms with Crippen LogP contribution in [0.2, 0.25) is 0 Å². The molecule has 0 saturated carbocycles. The molecule has 2 aliphatic rings. The molecule has 0 spiro atoms. The van der Waals surface area contributed by atoms with Crippen LogP contribution in [-0.2, 0) is 4.57 Å². The van der Waals surface area contributed by atoms with Gasteiger partial charge in [-0.05, 0) is 158 Å². The van der Waals surface area contributed by atoms with Gasteiger partial charge in [-0.25, -0.2) is 0 Å². The maximum absolute atomic E-state index is 16.3. The second-order valence-corrected chi connectivity index (χ2v) is 19.1. The Labute approximate surface area is 344 Å². The van der Waals surface area contributed by atoms with Crippen LogP contribution in [0.3, 0.4) is 0 Å². The van der Waals surface area contributed by atoms with Gasteiger partial charge in [0.1, 0.15) is 28.3 Å². The zero-order chi connectivity index (χ0) is 40.3. The number of benzene rings is 8. The van der Waals surface area contributed by atoms with Crippen LogP contribution >= 0.6 is 7.14 Å². The molecule has 11 rings (SSSR count). The fourth-order valence-electron chi connectivity index (χ4n) is 10.1. The van der Waals surface area contributed by atoms with E-state index in [2.05, 4.69) is 167 Å². The van der Waals surface area contributed by atoms with Crippen molar-refractivity contribution in [3.63, 3.8) is 0 Å². The van der Waals surface area contributed by atoms with Gasteiger partial charge in [0.2, 0.25) is 0 Å². The summed E-state index contributed by atoms with van der Waals surface area (Å²) in [5.74, 6) is 2.36. The van der Waals surface area contributed by atoms with Crippen LogP contribution in [0.15, 0.2) is 146 Å². The molecular weight excluding hydrogens is 742 g/mol. The van der Waals surface area contributed by atoms with E-state index in [9.17, 15) is 0 Å². The Hall–Kier alpha value is -6.61. The van der Waals surface area contributed by atoms with E-state index in [-0.39, 0.29) is 0 Å². The number of rotatable bonds is 4. The highest BCUT2D eigenvalue weighted by Crippen LogP contribution is 2.60. The highest BCUT2D eigenvalue weighted by molar-refractivity contribution is 7.86. The number of fused-ring (bicyclic) bond motifs is 7. The Bertz CT molecular complexity index is 3080. The molecule has 8 aromatic carbocycles. The van der Waals surface area contributed by atoms with Crippen LogP contribution in [0, 0.1) is 41.5 Å². The first-order chi connectivity index (χ1) is 28.6. The highest BCUT2D eigenvalue weighted by Gasteiger charge is 2.47. The van der Waals surface area contributed by atoms with Gasteiger partial charge in [-0.15, -0.1) is 0 Å². The van der Waals surface area contributed by atoms with Crippen molar-refractivity contribution in [3.8, 4) is 62.1 Å². The summed E-state index contributed by atoms with van der Waals surface area (Å²) in [5.41, 5.74) is 17.0.